The van der Waals surface area contributed by atoms with Crippen molar-refractivity contribution in [3.05, 3.63) is 69.0 Å². The van der Waals surface area contributed by atoms with Gasteiger partial charge in [-0.3, -0.25) is 0 Å². The second kappa shape index (κ2) is 7.25. The van der Waals surface area contributed by atoms with Crippen molar-refractivity contribution in [2.45, 2.75) is 13.2 Å². The molecule has 0 unspecified atom stereocenters. The topological polar surface area (TPSA) is 45.1 Å². The highest BCUT2D eigenvalue weighted by molar-refractivity contribution is 7.10. The third kappa shape index (κ3) is 3.56. The van der Waals surface area contributed by atoms with Gasteiger partial charge in [-0.1, -0.05) is 23.7 Å². The van der Waals surface area contributed by atoms with Crippen molar-refractivity contribution in [2.75, 3.05) is 5.32 Å². The lowest BCUT2D eigenvalue weighted by molar-refractivity contribution is 0.282. The van der Waals surface area contributed by atoms with E-state index in [1.807, 2.05) is 0 Å². The summed E-state index contributed by atoms with van der Waals surface area (Å²) in [5.74, 6) is -1.28. The third-order valence-electron chi connectivity index (χ3n) is 3.41. The molecule has 0 aliphatic rings. The molecule has 0 aliphatic carbocycles. The van der Waals surface area contributed by atoms with Gasteiger partial charge in [0.25, 0.3) is 0 Å². The second-order valence-electron chi connectivity index (χ2n) is 5.05. The van der Waals surface area contributed by atoms with Crippen LogP contribution in [-0.4, -0.2) is 10.1 Å². The van der Waals surface area contributed by atoms with Crippen LogP contribution in [0.1, 0.15) is 10.6 Å². The molecule has 2 N–H and O–H groups in total. The number of nitrogens with one attached hydrogen (secondary N) is 1. The molecule has 1 aromatic heterocycles. The van der Waals surface area contributed by atoms with Crippen molar-refractivity contribution in [2.24, 2.45) is 0 Å². The highest BCUT2D eigenvalue weighted by Gasteiger charge is 2.14. The molecule has 0 fully saturated rings. The first-order valence-corrected chi connectivity index (χ1v) is 8.36. The fourth-order valence-electron chi connectivity index (χ4n) is 2.23. The minimum absolute atomic E-state index is 0.0835. The summed E-state index contributed by atoms with van der Waals surface area (Å²) in [7, 11) is 0. The summed E-state index contributed by atoms with van der Waals surface area (Å²) in [4.78, 5) is 4.27. The molecule has 7 heteroatoms. The van der Waals surface area contributed by atoms with Crippen molar-refractivity contribution in [1.29, 1.82) is 0 Å². The van der Waals surface area contributed by atoms with E-state index in [0.29, 0.717) is 22.3 Å². The lowest BCUT2D eigenvalue weighted by Crippen LogP contribution is -2.01. The number of nitrogens with zero attached hydrogens (tertiary/aromatic N) is 1. The Morgan fingerprint density at radius 1 is 1.17 bits per heavy atom. The van der Waals surface area contributed by atoms with E-state index in [1.165, 1.54) is 29.5 Å². The summed E-state index contributed by atoms with van der Waals surface area (Å²) < 4.78 is 27.6. The van der Waals surface area contributed by atoms with Gasteiger partial charge in [0.15, 0.2) is 0 Å². The predicted octanol–water partition coefficient (Wildman–Crippen LogP) is 4.85. The average Bonchev–Trinajstić information content (AvgIpc) is 3.02. The van der Waals surface area contributed by atoms with Gasteiger partial charge < -0.3 is 10.4 Å². The number of hydrogen-bond acceptors (Lipinski definition) is 4. The molecule has 124 valence electrons. The summed E-state index contributed by atoms with van der Waals surface area (Å²) >= 11 is 7.40. The minimum Gasteiger partial charge on any atom is -0.392 e. The van der Waals surface area contributed by atoms with E-state index in [4.69, 9.17) is 16.7 Å². The molecule has 0 atom stereocenters. The highest BCUT2D eigenvalue weighted by atomic mass is 35.5. The Bertz CT molecular complexity index is 849. The Balaban J connectivity index is 1.78. The maximum atomic E-state index is 13.8. The number of thiazole rings is 1. The molecule has 3 rings (SSSR count). The SMILES string of the molecule is OCc1ccc(Cl)c(NCc2nc(-c3c(F)cccc3F)cs2)c1. The number of rotatable bonds is 5. The van der Waals surface area contributed by atoms with Gasteiger partial charge in [0.05, 0.1) is 35.1 Å². The van der Waals surface area contributed by atoms with E-state index in [1.54, 1.807) is 23.6 Å². The van der Waals surface area contributed by atoms with Gasteiger partial charge in [0.1, 0.15) is 16.6 Å². The minimum atomic E-state index is -0.640. The van der Waals surface area contributed by atoms with Crippen LogP contribution in [0, 0.1) is 11.6 Å². The van der Waals surface area contributed by atoms with Crippen LogP contribution in [0.2, 0.25) is 5.02 Å². The number of hydrogen-bond donors (Lipinski definition) is 2. The van der Waals surface area contributed by atoms with Crippen molar-refractivity contribution in [1.82, 2.24) is 4.98 Å². The smallest absolute Gasteiger partial charge is 0.135 e. The summed E-state index contributed by atoms with van der Waals surface area (Å²) in [6.07, 6.45) is 0. The largest absolute Gasteiger partial charge is 0.392 e. The lowest BCUT2D eigenvalue weighted by atomic mass is 10.1. The summed E-state index contributed by atoms with van der Waals surface area (Å²) in [5.41, 5.74) is 1.54. The molecule has 3 nitrogen and oxygen atoms in total. The number of anilines is 1. The third-order valence-corrected chi connectivity index (χ3v) is 4.59. The van der Waals surface area contributed by atoms with Crippen LogP contribution in [0.25, 0.3) is 11.3 Å². The van der Waals surface area contributed by atoms with Gasteiger partial charge in [0, 0.05) is 5.38 Å². The van der Waals surface area contributed by atoms with Gasteiger partial charge >= 0.3 is 0 Å². The second-order valence-corrected chi connectivity index (χ2v) is 6.40. The molecular weight excluding hydrogens is 354 g/mol. The summed E-state index contributed by atoms with van der Waals surface area (Å²) in [6, 6.07) is 8.89. The fourth-order valence-corrected chi connectivity index (χ4v) is 3.14. The first-order valence-electron chi connectivity index (χ1n) is 7.10. The van der Waals surface area contributed by atoms with Crippen LogP contribution >= 0.6 is 22.9 Å². The lowest BCUT2D eigenvalue weighted by Gasteiger charge is -2.08. The van der Waals surface area contributed by atoms with Crippen LogP contribution in [0.5, 0.6) is 0 Å². The standard InChI is InChI=1S/C17H13ClF2N2OS/c18-11-5-4-10(8-23)6-14(11)21-7-16-22-15(9-24-16)17-12(19)2-1-3-13(17)20/h1-6,9,21,23H,7-8H2. The molecule has 0 saturated carbocycles. The molecule has 0 spiro atoms. The molecule has 2 aromatic carbocycles. The molecule has 0 amide bonds. The zero-order chi connectivity index (χ0) is 17.1. The normalized spacial score (nSPS) is 10.8. The van der Waals surface area contributed by atoms with Crippen molar-refractivity contribution in [3.63, 3.8) is 0 Å². The Morgan fingerprint density at radius 2 is 1.92 bits per heavy atom. The van der Waals surface area contributed by atoms with Crippen LogP contribution in [0.4, 0.5) is 14.5 Å². The van der Waals surface area contributed by atoms with Crippen LogP contribution < -0.4 is 5.32 Å². The molecule has 1 heterocycles. The number of aliphatic hydroxyl groups excluding tert-OH is 1. The van der Waals surface area contributed by atoms with Gasteiger partial charge in [-0.05, 0) is 29.8 Å². The van der Waals surface area contributed by atoms with E-state index in [9.17, 15) is 8.78 Å². The van der Waals surface area contributed by atoms with Crippen LogP contribution in [0.15, 0.2) is 41.8 Å². The zero-order valence-electron chi connectivity index (χ0n) is 12.4. The monoisotopic (exact) mass is 366 g/mol. The highest BCUT2D eigenvalue weighted by Crippen LogP contribution is 2.28. The van der Waals surface area contributed by atoms with Crippen LogP contribution in [0.3, 0.4) is 0 Å². The van der Waals surface area contributed by atoms with Crippen molar-refractivity contribution < 1.29 is 13.9 Å². The molecule has 3 aromatic rings. The Hall–Kier alpha value is -2.02. The molecule has 0 saturated heterocycles. The first-order chi connectivity index (χ1) is 11.6. The first kappa shape index (κ1) is 16.8. The molecule has 24 heavy (non-hydrogen) atoms. The molecule has 0 radical (unpaired) electrons. The van der Waals surface area contributed by atoms with Crippen molar-refractivity contribution >= 4 is 28.6 Å². The van der Waals surface area contributed by atoms with E-state index in [2.05, 4.69) is 10.3 Å². The van der Waals surface area contributed by atoms with Crippen LogP contribution in [-0.2, 0) is 13.2 Å². The number of benzene rings is 2. The summed E-state index contributed by atoms with van der Waals surface area (Å²) in [6.45, 7) is 0.273. The maximum absolute atomic E-state index is 13.8. The molecular formula is C17H13ClF2N2OS. The number of aromatic nitrogens is 1. The number of halogens is 3. The quantitative estimate of drug-likeness (QED) is 0.678. The Labute approximate surface area is 146 Å². The number of aliphatic hydroxyl groups is 1. The van der Waals surface area contributed by atoms with Gasteiger partial charge in [-0.15, -0.1) is 11.3 Å². The molecule has 0 aliphatic heterocycles. The zero-order valence-corrected chi connectivity index (χ0v) is 14.0. The average molecular weight is 367 g/mol. The van der Waals surface area contributed by atoms with E-state index >= 15 is 0 Å². The van der Waals surface area contributed by atoms with Gasteiger partial charge in [0.2, 0.25) is 0 Å². The van der Waals surface area contributed by atoms with Crippen molar-refractivity contribution in [3.8, 4) is 11.3 Å². The van der Waals surface area contributed by atoms with Gasteiger partial charge in [-0.25, -0.2) is 13.8 Å². The van der Waals surface area contributed by atoms with E-state index < -0.39 is 11.6 Å². The van der Waals surface area contributed by atoms with E-state index in [0.717, 1.165) is 5.56 Å². The fraction of sp³-hybridized carbons (Fsp3) is 0.118. The van der Waals surface area contributed by atoms with E-state index in [-0.39, 0.29) is 17.9 Å². The van der Waals surface area contributed by atoms with Gasteiger partial charge in [-0.2, -0.15) is 0 Å². The Kier molecular flexibility index (Phi) is 5.08. The molecule has 0 bridgehead atoms. The summed E-state index contributed by atoms with van der Waals surface area (Å²) in [5, 5.41) is 15.1. The Morgan fingerprint density at radius 3 is 2.62 bits per heavy atom. The predicted molar refractivity (Wildman–Crippen MR) is 92.2 cm³/mol. The maximum Gasteiger partial charge on any atom is 0.135 e.